The van der Waals surface area contributed by atoms with E-state index in [0.29, 0.717) is 5.54 Å². The van der Waals surface area contributed by atoms with E-state index < -0.39 is 0 Å². The fourth-order valence-electron chi connectivity index (χ4n) is 2.80. The van der Waals surface area contributed by atoms with Gasteiger partial charge in [0.05, 0.1) is 0 Å². The Kier molecular flexibility index (Phi) is 2.92. The fraction of sp³-hybridized carbons (Fsp3) is 1.00. The largest absolute Gasteiger partial charge is 0.312 e. The molecule has 1 heteroatoms. The quantitative estimate of drug-likeness (QED) is 0.690. The minimum atomic E-state index is 0.488. The molecule has 0 aromatic carbocycles. The summed E-state index contributed by atoms with van der Waals surface area (Å²) in [5.74, 6) is 1.05. The number of hydrogen-bond donors (Lipinski definition) is 1. The molecule has 2 aliphatic rings. The van der Waals surface area contributed by atoms with E-state index in [0.717, 1.165) is 5.92 Å². The van der Waals surface area contributed by atoms with E-state index in [2.05, 4.69) is 12.2 Å². The third-order valence-electron chi connectivity index (χ3n) is 3.92. The average Bonchev–Trinajstić information content (AvgIpc) is 2.24. The lowest BCUT2D eigenvalue weighted by atomic mass is 9.75. The molecule has 1 saturated heterocycles. The highest BCUT2D eigenvalue weighted by Gasteiger charge is 2.30. The monoisotopic (exact) mass is 181 g/mol. The van der Waals surface area contributed by atoms with Gasteiger partial charge in [-0.25, -0.2) is 0 Å². The van der Waals surface area contributed by atoms with Crippen molar-refractivity contribution in [3.63, 3.8) is 0 Å². The maximum absolute atomic E-state index is 3.76. The van der Waals surface area contributed by atoms with E-state index in [-0.39, 0.29) is 0 Å². The zero-order chi connectivity index (χ0) is 9.15. The molecule has 0 amide bonds. The number of nitrogens with one attached hydrogen (secondary N) is 1. The van der Waals surface area contributed by atoms with Crippen molar-refractivity contribution in [3.05, 3.63) is 0 Å². The Balaban J connectivity index is 1.84. The van der Waals surface area contributed by atoms with Crippen molar-refractivity contribution < 1.29 is 0 Å². The minimum absolute atomic E-state index is 0.488. The van der Waals surface area contributed by atoms with Crippen LogP contribution in [-0.2, 0) is 0 Å². The predicted molar refractivity (Wildman–Crippen MR) is 56.8 cm³/mol. The first-order valence-corrected chi connectivity index (χ1v) is 6.04. The first-order chi connectivity index (χ1) is 6.29. The van der Waals surface area contributed by atoms with Crippen LogP contribution in [0.15, 0.2) is 0 Å². The summed E-state index contributed by atoms with van der Waals surface area (Å²) >= 11 is 0. The van der Waals surface area contributed by atoms with E-state index >= 15 is 0 Å². The van der Waals surface area contributed by atoms with Gasteiger partial charge in [0.15, 0.2) is 0 Å². The molecule has 13 heavy (non-hydrogen) atoms. The number of rotatable bonds is 2. The molecule has 1 aliphatic heterocycles. The molecular weight excluding hydrogens is 158 g/mol. The summed E-state index contributed by atoms with van der Waals surface area (Å²) in [6.45, 7) is 3.69. The second-order valence-electron chi connectivity index (χ2n) is 5.30. The zero-order valence-corrected chi connectivity index (χ0v) is 8.94. The van der Waals surface area contributed by atoms with Gasteiger partial charge in [-0.2, -0.15) is 0 Å². The molecule has 1 unspecified atom stereocenters. The Bertz CT molecular complexity index is 153. The third kappa shape index (κ3) is 2.46. The van der Waals surface area contributed by atoms with Crippen molar-refractivity contribution in [1.82, 2.24) is 5.32 Å². The van der Waals surface area contributed by atoms with Gasteiger partial charge in [-0.1, -0.05) is 32.1 Å². The van der Waals surface area contributed by atoms with Crippen LogP contribution in [0.3, 0.4) is 0 Å². The molecule has 1 nitrogen and oxygen atoms in total. The van der Waals surface area contributed by atoms with Gasteiger partial charge in [-0.05, 0) is 38.6 Å². The standard InChI is InChI=1S/C12H23N/c1-12(10-11-6-5-7-11)8-3-2-4-9-13-12/h11,13H,2-10H2,1H3. The zero-order valence-electron chi connectivity index (χ0n) is 8.94. The van der Waals surface area contributed by atoms with Crippen LogP contribution in [0.1, 0.15) is 58.3 Å². The Labute approximate surface area is 82.3 Å². The minimum Gasteiger partial charge on any atom is -0.312 e. The summed E-state index contributed by atoms with van der Waals surface area (Å²) < 4.78 is 0. The van der Waals surface area contributed by atoms with Gasteiger partial charge in [-0.15, -0.1) is 0 Å². The Morgan fingerprint density at radius 1 is 1.15 bits per heavy atom. The lowest BCUT2D eigenvalue weighted by Crippen LogP contribution is -2.44. The second-order valence-corrected chi connectivity index (χ2v) is 5.30. The summed E-state index contributed by atoms with van der Waals surface area (Å²) in [5.41, 5.74) is 0.488. The molecule has 0 aromatic heterocycles. The van der Waals surface area contributed by atoms with E-state index in [1.807, 2.05) is 0 Å². The molecule has 2 rings (SSSR count). The molecule has 1 heterocycles. The normalized spacial score (nSPS) is 36.7. The molecule has 2 fully saturated rings. The number of hydrogen-bond acceptors (Lipinski definition) is 1. The summed E-state index contributed by atoms with van der Waals surface area (Å²) in [4.78, 5) is 0. The molecule has 0 bridgehead atoms. The maximum Gasteiger partial charge on any atom is 0.0156 e. The Hall–Kier alpha value is -0.0400. The molecule has 1 saturated carbocycles. The molecule has 76 valence electrons. The smallest absolute Gasteiger partial charge is 0.0156 e. The highest BCUT2D eigenvalue weighted by molar-refractivity contribution is 4.89. The molecule has 1 atom stereocenters. The highest BCUT2D eigenvalue weighted by Crippen LogP contribution is 2.36. The predicted octanol–water partition coefficient (Wildman–Crippen LogP) is 3.10. The van der Waals surface area contributed by atoms with Gasteiger partial charge in [0.2, 0.25) is 0 Å². The maximum atomic E-state index is 3.76. The van der Waals surface area contributed by atoms with Crippen LogP contribution in [0.2, 0.25) is 0 Å². The fourth-order valence-corrected chi connectivity index (χ4v) is 2.80. The molecule has 0 radical (unpaired) electrons. The van der Waals surface area contributed by atoms with Crippen molar-refractivity contribution in [2.24, 2.45) is 5.92 Å². The topological polar surface area (TPSA) is 12.0 Å². The molecule has 0 aromatic rings. The van der Waals surface area contributed by atoms with E-state index in [1.54, 1.807) is 0 Å². The first kappa shape index (κ1) is 9.51. The summed E-state index contributed by atoms with van der Waals surface area (Å²) in [6.07, 6.45) is 11.6. The van der Waals surface area contributed by atoms with Crippen molar-refractivity contribution in [1.29, 1.82) is 0 Å². The summed E-state index contributed by atoms with van der Waals surface area (Å²) in [7, 11) is 0. The lowest BCUT2D eigenvalue weighted by molar-refractivity contribution is 0.199. The van der Waals surface area contributed by atoms with Crippen LogP contribution in [0.25, 0.3) is 0 Å². The van der Waals surface area contributed by atoms with Gasteiger partial charge in [0.25, 0.3) is 0 Å². The average molecular weight is 181 g/mol. The van der Waals surface area contributed by atoms with E-state index in [9.17, 15) is 0 Å². The second kappa shape index (κ2) is 4.00. The molecule has 0 spiro atoms. The van der Waals surface area contributed by atoms with Crippen LogP contribution in [0.5, 0.6) is 0 Å². The van der Waals surface area contributed by atoms with Crippen LogP contribution < -0.4 is 5.32 Å². The van der Waals surface area contributed by atoms with Gasteiger partial charge < -0.3 is 5.32 Å². The molecule has 1 aliphatic carbocycles. The van der Waals surface area contributed by atoms with Crippen molar-refractivity contribution in [2.45, 2.75) is 63.8 Å². The van der Waals surface area contributed by atoms with E-state index in [4.69, 9.17) is 0 Å². The summed E-state index contributed by atoms with van der Waals surface area (Å²) in [5, 5.41) is 3.76. The molecule has 1 N–H and O–H groups in total. The lowest BCUT2D eigenvalue weighted by Gasteiger charge is -2.37. The molecular formula is C12H23N. The highest BCUT2D eigenvalue weighted by atomic mass is 15.0. The van der Waals surface area contributed by atoms with E-state index in [1.165, 1.54) is 57.9 Å². The Morgan fingerprint density at radius 2 is 2.00 bits per heavy atom. The van der Waals surface area contributed by atoms with Crippen molar-refractivity contribution in [3.8, 4) is 0 Å². The SMILES string of the molecule is CC1(CC2CCC2)CCCCCN1. The van der Waals surface area contributed by atoms with Gasteiger partial charge in [0.1, 0.15) is 0 Å². The van der Waals surface area contributed by atoms with Crippen LogP contribution in [0, 0.1) is 5.92 Å². The van der Waals surface area contributed by atoms with Gasteiger partial charge >= 0.3 is 0 Å². The van der Waals surface area contributed by atoms with Crippen LogP contribution >= 0.6 is 0 Å². The third-order valence-corrected chi connectivity index (χ3v) is 3.92. The van der Waals surface area contributed by atoms with Crippen molar-refractivity contribution >= 4 is 0 Å². The summed E-state index contributed by atoms with van der Waals surface area (Å²) in [6, 6.07) is 0. The Morgan fingerprint density at radius 3 is 2.69 bits per heavy atom. The van der Waals surface area contributed by atoms with Gasteiger partial charge in [0, 0.05) is 5.54 Å². The van der Waals surface area contributed by atoms with Gasteiger partial charge in [-0.3, -0.25) is 0 Å². The first-order valence-electron chi connectivity index (χ1n) is 6.04. The van der Waals surface area contributed by atoms with Crippen LogP contribution in [0.4, 0.5) is 0 Å². The van der Waals surface area contributed by atoms with Crippen LogP contribution in [-0.4, -0.2) is 12.1 Å². The van der Waals surface area contributed by atoms with Crippen molar-refractivity contribution in [2.75, 3.05) is 6.54 Å².